The van der Waals surface area contributed by atoms with Crippen LogP contribution in [0.4, 0.5) is 0 Å². The maximum atomic E-state index is 12.5. The molecule has 0 aliphatic heterocycles. The number of hydrogen-bond donors (Lipinski definition) is 1. The largest absolute Gasteiger partial charge is 0.497 e. The highest BCUT2D eigenvalue weighted by Gasteiger charge is 2.17. The molecule has 0 aliphatic rings. The van der Waals surface area contributed by atoms with Crippen molar-refractivity contribution in [2.45, 2.75) is 6.54 Å². The third-order valence-electron chi connectivity index (χ3n) is 3.84. The number of amides is 1. The third kappa shape index (κ3) is 4.11. The molecule has 0 spiro atoms. The highest BCUT2D eigenvalue weighted by atomic mass is 16.5. The number of hydrogen-bond acceptors (Lipinski definition) is 6. The van der Waals surface area contributed by atoms with Crippen molar-refractivity contribution in [1.82, 2.24) is 5.32 Å². The van der Waals surface area contributed by atoms with Gasteiger partial charge in [-0.3, -0.25) is 4.79 Å². The van der Waals surface area contributed by atoms with Crippen LogP contribution in [0.3, 0.4) is 0 Å². The molecule has 140 valence electrons. The van der Waals surface area contributed by atoms with Crippen LogP contribution in [0, 0.1) is 0 Å². The Hall–Kier alpha value is -3.09. The van der Waals surface area contributed by atoms with Gasteiger partial charge in [-0.25, -0.2) is 0 Å². The van der Waals surface area contributed by atoms with Crippen molar-refractivity contribution in [3.63, 3.8) is 0 Å². The first-order valence-electron chi connectivity index (χ1n) is 7.87. The molecule has 0 radical (unpaired) electrons. The van der Waals surface area contributed by atoms with E-state index in [1.807, 2.05) is 6.07 Å². The summed E-state index contributed by atoms with van der Waals surface area (Å²) in [6, 6.07) is 8.56. The van der Waals surface area contributed by atoms with Gasteiger partial charge in [0.05, 0.1) is 35.5 Å². The van der Waals surface area contributed by atoms with E-state index in [0.29, 0.717) is 34.3 Å². The van der Waals surface area contributed by atoms with Gasteiger partial charge < -0.3 is 29.0 Å². The molecule has 1 amide bonds. The van der Waals surface area contributed by atoms with Gasteiger partial charge in [-0.1, -0.05) is 0 Å². The second-order valence-electron chi connectivity index (χ2n) is 5.28. The van der Waals surface area contributed by atoms with E-state index in [1.54, 1.807) is 31.4 Å². The van der Waals surface area contributed by atoms with Gasteiger partial charge in [0.2, 0.25) is 5.75 Å². The first-order chi connectivity index (χ1) is 12.6. The Morgan fingerprint density at radius 3 is 1.92 bits per heavy atom. The predicted octanol–water partition coefficient (Wildman–Crippen LogP) is 2.66. The topological polar surface area (TPSA) is 75.3 Å². The van der Waals surface area contributed by atoms with Crippen LogP contribution in [0.2, 0.25) is 0 Å². The van der Waals surface area contributed by atoms with Crippen LogP contribution in [0.5, 0.6) is 28.7 Å². The van der Waals surface area contributed by atoms with E-state index in [2.05, 4.69) is 5.32 Å². The first kappa shape index (κ1) is 19.2. The zero-order valence-corrected chi connectivity index (χ0v) is 15.5. The minimum atomic E-state index is -0.265. The molecule has 0 bridgehead atoms. The highest BCUT2D eigenvalue weighted by Crippen LogP contribution is 2.39. The third-order valence-corrected chi connectivity index (χ3v) is 3.84. The van der Waals surface area contributed by atoms with Crippen LogP contribution in [0.1, 0.15) is 15.9 Å². The molecule has 0 saturated carbocycles. The molecule has 0 fully saturated rings. The molecule has 0 heterocycles. The summed E-state index contributed by atoms with van der Waals surface area (Å²) in [5, 5.41) is 2.85. The summed E-state index contributed by atoms with van der Waals surface area (Å²) in [5.74, 6) is 2.35. The summed E-state index contributed by atoms with van der Waals surface area (Å²) in [4.78, 5) is 12.5. The lowest BCUT2D eigenvalue weighted by Crippen LogP contribution is -2.23. The van der Waals surface area contributed by atoms with E-state index in [9.17, 15) is 4.79 Å². The molecule has 0 aromatic heterocycles. The van der Waals surface area contributed by atoms with E-state index in [0.717, 1.165) is 5.56 Å². The fourth-order valence-corrected chi connectivity index (χ4v) is 2.52. The summed E-state index contributed by atoms with van der Waals surface area (Å²) >= 11 is 0. The summed E-state index contributed by atoms with van der Waals surface area (Å²) in [6.07, 6.45) is 0. The molecular weight excluding hydrogens is 338 g/mol. The molecule has 2 rings (SSSR count). The summed E-state index contributed by atoms with van der Waals surface area (Å²) in [7, 11) is 7.69. The summed E-state index contributed by atoms with van der Waals surface area (Å²) in [5.41, 5.74) is 1.19. The summed E-state index contributed by atoms with van der Waals surface area (Å²) < 4.78 is 26.4. The molecule has 2 aromatic rings. The minimum Gasteiger partial charge on any atom is -0.497 e. The van der Waals surface area contributed by atoms with Crippen molar-refractivity contribution in [2.75, 3.05) is 35.5 Å². The molecule has 0 saturated heterocycles. The molecule has 7 heteroatoms. The van der Waals surface area contributed by atoms with Gasteiger partial charge >= 0.3 is 0 Å². The summed E-state index contributed by atoms with van der Waals surface area (Å²) in [6.45, 7) is 0.252. The molecular formula is C19H23NO6. The molecule has 1 N–H and O–H groups in total. The number of methoxy groups -OCH3 is 5. The second-order valence-corrected chi connectivity index (χ2v) is 5.28. The van der Waals surface area contributed by atoms with Gasteiger partial charge in [0.25, 0.3) is 5.91 Å². The van der Waals surface area contributed by atoms with Crippen LogP contribution < -0.4 is 29.0 Å². The average Bonchev–Trinajstić information content (AvgIpc) is 2.70. The molecule has 0 atom stereocenters. The van der Waals surface area contributed by atoms with Crippen molar-refractivity contribution in [1.29, 1.82) is 0 Å². The van der Waals surface area contributed by atoms with Crippen molar-refractivity contribution >= 4 is 5.91 Å². The Morgan fingerprint density at radius 1 is 0.808 bits per heavy atom. The zero-order chi connectivity index (χ0) is 19.1. The number of carbonyl (C=O) groups excluding carboxylic acids is 1. The van der Waals surface area contributed by atoms with Crippen LogP contribution in [0.25, 0.3) is 0 Å². The Labute approximate surface area is 152 Å². The Balaban J connectivity index is 2.22. The standard InChI is InChI=1S/C19H23NO6/c1-22-14-8-13(9-15(10-14)23-2)19(21)20-11-12-6-7-16(24-3)18(26-5)17(12)25-4/h6-10H,11H2,1-5H3,(H,20,21). The second kappa shape index (κ2) is 8.84. The number of rotatable bonds is 8. The fourth-order valence-electron chi connectivity index (χ4n) is 2.52. The number of benzene rings is 2. The lowest BCUT2D eigenvalue weighted by Gasteiger charge is -2.16. The smallest absolute Gasteiger partial charge is 0.251 e. The van der Waals surface area contributed by atoms with Gasteiger partial charge in [-0.2, -0.15) is 0 Å². The maximum absolute atomic E-state index is 12.5. The van der Waals surface area contributed by atoms with Crippen molar-refractivity contribution in [2.24, 2.45) is 0 Å². The zero-order valence-electron chi connectivity index (χ0n) is 15.5. The highest BCUT2D eigenvalue weighted by molar-refractivity contribution is 5.95. The van der Waals surface area contributed by atoms with Gasteiger partial charge in [-0.15, -0.1) is 0 Å². The maximum Gasteiger partial charge on any atom is 0.251 e. The Bertz CT molecular complexity index is 753. The first-order valence-corrected chi connectivity index (χ1v) is 7.87. The number of nitrogens with one attached hydrogen (secondary N) is 1. The van der Waals surface area contributed by atoms with E-state index < -0.39 is 0 Å². The Morgan fingerprint density at radius 2 is 1.42 bits per heavy atom. The van der Waals surface area contributed by atoms with Crippen molar-refractivity contribution in [3.05, 3.63) is 41.5 Å². The SMILES string of the molecule is COc1cc(OC)cc(C(=O)NCc2ccc(OC)c(OC)c2OC)c1. The average molecular weight is 361 g/mol. The van der Waals surface area contributed by atoms with Gasteiger partial charge in [-0.05, 0) is 24.3 Å². The van der Waals surface area contributed by atoms with Crippen LogP contribution in [0.15, 0.2) is 30.3 Å². The fraction of sp³-hybridized carbons (Fsp3) is 0.316. The van der Waals surface area contributed by atoms with E-state index in [4.69, 9.17) is 23.7 Å². The van der Waals surface area contributed by atoms with E-state index in [1.165, 1.54) is 28.4 Å². The van der Waals surface area contributed by atoms with Crippen LogP contribution >= 0.6 is 0 Å². The Kier molecular flexibility index (Phi) is 6.54. The van der Waals surface area contributed by atoms with Crippen molar-refractivity contribution in [3.8, 4) is 28.7 Å². The van der Waals surface area contributed by atoms with E-state index >= 15 is 0 Å². The van der Waals surface area contributed by atoms with Crippen LogP contribution in [-0.4, -0.2) is 41.5 Å². The molecule has 7 nitrogen and oxygen atoms in total. The van der Waals surface area contributed by atoms with Gasteiger partial charge in [0.15, 0.2) is 11.5 Å². The monoisotopic (exact) mass is 361 g/mol. The molecule has 0 aliphatic carbocycles. The normalized spacial score (nSPS) is 10.0. The number of carbonyl (C=O) groups is 1. The quantitative estimate of drug-likeness (QED) is 0.779. The van der Waals surface area contributed by atoms with Crippen molar-refractivity contribution < 1.29 is 28.5 Å². The van der Waals surface area contributed by atoms with Gasteiger partial charge in [0.1, 0.15) is 11.5 Å². The molecule has 2 aromatic carbocycles. The predicted molar refractivity (Wildman–Crippen MR) is 96.8 cm³/mol. The lowest BCUT2D eigenvalue weighted by atomic mass is 10.1. The molecule has 0 unspecified atom stereocenters. The minimum absolute atomic E-state index is 0.252. The van der Waals surface area contributed by atoms with Crippen LogP contribution in [-0.2, 0) is 6.54 Å². The molecule has 26 heavy (non-hydrogen) atoms. The number of ether oxygens (including phenoxy) is 5. The lowest BCUT2D eigenvalue weighted by molar-refractivity contribution is 0.0950. The van der Waals surface area contributed by atoms with Gasteiger partial charge in [0, 0.05) is 23.7 Å². The van der Waals surface area contributed by atoms with E-state index in [-0.39, 0.29) is 12.5 Å².